The summed E-state index contributed by atoms with van der Waals surface area (Å²) in [6.07, 6.45) is 2.39. The second-order valence-electron chi connectivity index (χ2n) is 4.35. The smallest absolute Gasteiger partial charge is 0.244 e. The minimum Gasteiger partial charge on any atom is -0.296 e. The first kappa shape index (κ1) is 13.0. The third-order valence-corrected chi connectivity index (χ3v) is 4.61. The molecule has 1 aromatic heterocycles. The van der Waals surface area contributed by atoms with Crippen molar-refractivity contribution in [2.45, 2.75) is 13.0 Å². The Balaban J connectivity index is 2.18. The van der Waals surface area contributed by atoms with Crippen molar-refractivity contribution in [3.8, 4) is 0 Å². The van der Waals surface area contributed by atoms with Crippen LogP contribution in [0.4, 0.5) is 5.82 Å². The Morgan fingerprint density at radius 1 is 1.44 bits per heavy atom. The first-order valence-corrected chi connectivity index (χ1v) is 7.25. The van der Waals surface area contributed by atoms with Gasteiger partial charge in [0, 0.05) is 33.3 Å². The maximum atomic E-state index is 12.1. The van der Waals surface area contributed by atoms with Crippen LogP contribution in [0, 0.1) is 0 Å². The summed E-state index contributed by atoms with van der Waals surface area (Å²) in [4.78, 5) is 13.5. The summed E-state index contributed by atoms with van der Waals surface area (Å²) in [6.45, 7) is 1.29. The third-order valence-electron chi connectivity index (χ3n) is 2.89. The fraction of sp³-hybridized carbons (Fsp3) is 0.600. The van der Waals surface area contributed by atoms with Crippen LogP contribution in [0.5, 0.6) is 0 Å². The average Bonchev–Trinajstić information content (AvgIpc) is 2.75. The Hall–Kier alpha value is -1.41. The molecule has 0 saturated carbocycles. The predicted molar refractivity (Wildman–Crippen MR) is 66.7 cm³/mol. The zero-order valence-corrected chi connectivity index (χ0v) is 11.2. The second kappa shape index (κ2) is 4.69. The Morgan fingerprint density at radius 2 is 2.17 bits per heavy atom. The summed E-state index contributed by atoms with van der Waals surface area (Å²) in [5.74, 6) is -0.254. The number of aromatic nitrogens is 2. The van der Waals surface area contributed by atoms with Crippen molar-refractivity contribution in [2.75, 3.05) is 31.3 Å². The molecule has 100 valence electrons. The van der Waals surface area contributed by atoms with Gasteiger partial charge in [0.1, 0.15) is 11.6 Å². The predicted octanol–water partition coefficient (Wildman–Crippen LogP) is -0.489. The van der Waals surface area contributed by atoms with Crippen molar-refractivity contribution in [2.24, 2.45) is 0 Å². The highest BCUT2D eigenvalue weighted by Crippen LogP contribution is 2.19. The van der Waals surface area contributed by atoms with E-state index in [0.29, 0.717) is 12.4 Å². The van der Waals surface area contributed by atoms with Gasteiger partial charge in [0.2, 0.25) is 15.9 Å². The molecule has 1 amide bonds. The molecule has 1 aliphatic rings. The number of hydrogen-bond donors (Lipinski definition) is 0. The van der Waals surface area contributed by atoms with Gasteiger partial charge < -0.3 is 0 Å². The molecule has 2 heterocycles. The molecular formula is C10H16N4O3S. The Morgan fingerprint density at radius 3 is 2.83 bits per heavy atom. The molecule has 0 N–H and O–H groups in total. The number of rotatable bonds is 3. The maximum Gasteiger partial charge on any atom is 0.244 e. The monoisotopic (exact) mass is 272 g/mol. The SMILES string of the molecule is CN(C)S(=O)(=O)CC(=O)N1CCCn2nccc21. The van der Waals surface area contributed by atoms with Crippen molar-refractivity contribution in [1.29, 1.82) is 0 Å². The molecule has 0 bridgehead atoms. The summed E-state index contributed by atoms with van der Waals surface area (Å²) >= 11 is 0. The fourth-order valence-electron chi connectivity index (χ4n) is 1.84. The number of anilines is 1. The van der Waals surface area contributed by atoms with Gasteiger partial charge in [0.05, 0.1) is 6.20 Å². The van der Waals surface area contributed by atoms with Crippen LogP contribution in [-0.2, 0) is 21.4 Å². The van der Waals surface area contributed by atoms with Crippen molar-refractivity contribution in [1.82, 2.24) is 14.1 Å². The largest absolute Gasteiger partial charge is 0.296 e. The summed E-state index contributed by atoms with van der Waals surface area (Å²) < 4.78 is 26.2. The van der Waals surface area contributed by atoms with Crippen LogP contribution in [0.25, 0.3) is 0 Å². The van der Waals surface area contributed by atoms with E-state index in [0.717, 1.165) is 17.3 Å². The van der Waals surface area contributed by atoms with E-state index in [4.69, 9.17) is 0 Å². The minimum absolute atomic E-state index is 0.412. The van der Waals surface area contributed by atoms with E-state index in [9.17, 15) is 13.2 Å². The molecule has 2 rings (SSSR count). The standard InChI is InChI=1S/C10H16N4O3S/c1-12(2)18(16,17)8-10(15)13-6-3-7-14-9(13)4-5-11-14/h4-5H,3,6-8H2,1-2H3. The normalized spacial score (nSPS) is 15.8. The van der Waals surface area contributed by atoms with Gasteiger partial charge in [-0.1, -0.05) is 0 Å². The van der Waals surface area contributed by atoms with Gasteiger partial charge in [-0.2, -0.15) is 5.10 Å². The molecule has 8 heteroatoms. The number of nitrogens with zero attached hydrogens (tertiary/aromatic N) is 4. The zero-order valence-electron chi connectivity index (χ0n) is 10.4. The van der Waals surface area contributed by atoms with Crippen LogP contribution in [0.2, 0.25) is 0 Å². The van der Waals surface area contributed by atoms with Crippen molar-refractivity contribution >= 4 is 21.7 Å². The molecule has 0 aliphatic carbocycles. The molecule has 1 aromatic rings. The lowest BCUT2D eigenvalue weighted by molar-refractivity contribution is -0.116. The van der Waals surface area contributed by atoms with E-state index < -0.39 is 21.7 Å². The lowest BCUT2D eigenvalue weighted by Gasteiger charge is -2.27. The van der Waals surface area contributed by atoms with Crippen LogP contribution >= 0.6 is 0 Å². The van der Waals surface area contributed by atoms with E-state index >= 15 is 0 Å². The van der Waals surface area contributed by atoms with Crippen LogP contribution in [0.15, 0.2) is 12.3 Å². The van der Waals surface area contributed by atoms with Crippen LogP contribution in [-0.4, -0.2) is 54.8 Å². The zero-order chi connectivity index (χ0) is 13.3. The molecule has 7 nitrogen and oxygen atoms in total. The molecule has 1 aliphatic heterocycles. The van der Waals surface area contributed by atoms with Crippen LogP contribution in [0.3, 0.4) is 0 Å². The number of amides is 1. The summed E-state index contributed by atoms with van der Waals surface area (Å²) in [6, 6.07) is 1.72. The molecule has 0 atom stereocenters. The lowest BCUT2D eigenvalue weighted by Crippen LogP contribution is -2.42. The topological polar surface area (TPSA) is 75.5 Å². The van der Waals surface area contributed by atoms with E-state index in [2.05, 4.69) is 5.10 Å². The van der Waals surface area contributed by atoms with Gasteiger partial charge in [0.15, 0.2) is 0 Å². The van der Waals surface area contributed by atoms with Gasteiger partial charge in [0.25, 0.3) is 0 Å². The van der Waals surface area contributed by atoms with Crippen LogP contribution in [0.1, 0.15) is 6.42 Å². The number of aryl methyl sites for hydroxylation is 1. The quantitative estimate of drug-likeness (QED) is 0.744. The summed E-state index contributed by atoms with van der Waals surface area (Å²) in [7, 11) is -0.680. The molecule has 0 radical (unpaired) electrons. The average molecular weight is 272 g/mol. The van der Waals surface area contributed by atoms with Crippen molar-refractivity contribution in [3.63, 3.8) is 0 Å². The number of carbonyl (C=O) groups is 1. The molecule has 0 unspecified atom stereocenters. The highest BCUT2D eigenvalue weighted by molar-refractivity contribution is 7.89. The summed E-state index contributed by atoms with van der Waals surface area (Å²) in [5.41, 5.74) is 0. The molecular weight excluding hydrogens is 256 g/mol. The molecule has 0 spiro atoms. The highest BCUT2D eigenvalue weighted by Gasteiger charge is 2.27. The third kappa shape index (κ3) is 2.39. The van der Waals surface area contributed by atoms with Crippen molar-refractivity contribution in [3.05, 3.63) is 12.3 Å². The molecule has 0 saturated heterocycles. The van der Waals surface area contributed by atoms with E-state index in [1.165, 1.54) is 19.0 Å². The van der Waals surface area contributed by atoms with E-state index in [-0.39, 0.29) is 0 Å². The van der Waals surface area contributed by atoms with Crippen LogP contribution < -0.4 is 4.90 Å². The van der Waals surface area contributed by atoms with Gasteiger partial charge in [-0.05, 0) is 6.42 Å². The molecule has 0 aromatic carbocycles. The fourth-order valence-corrected chi connectivity index (χ4v) is 2.56. The second-order valence-corrected chi connectivity index (χ2v) is 6.53. The van der Waals surface area contributed by atoms with Gasteiger partial charge in [-0.25, -0.2) is 17.4 Å². The Bertz CT molecular complexity index is 549. The number of fused-ring (bicyclic) bond motifs is 1. The minimum atomic E-state index is -3.52. The first-order valence-electron chi connectivity index (χ1n) is 5.64. The number of sulfonamides is 1. The Labute approximate surface area is 106 Å². The molecule has 18 heavy (non-hydrogen) atoms. The van der Waals surface area contributed by atoms with Gasteiger partial charge >= 0.3 is 0 Å². The van der Waals surface area contributed by atoms with Crippen molar-refractivity contribution < 1.29 is 13.2 Å². The number of carbonyl (C=O) groups excluding carboxylic acids is 1. The highest BCUT2D eigenvalue weighted by atomic mass is 32.2. The van der Waals surface area contributed by atoms with E-state index in [1.54, 1.807) is 16.9 Å². The van der Waals surface area contributed by atoms with Gasteiger partial charge in [-0.3, -0.25) is 9.69 Å². The maximum absolute atomic E-state index is 12.1. The molecule has 0 fully saturated rings. The first-order chi connectivity index (χ1) is 8.42. The Kier molecular flexibility index (Phi) is 3.40. The lowest BCUT2D eigenvalue weighted by atomic mass is 10.3. The van der Waals surface area contributed by atoms with E-state index in [1.807, 2.05) is 0 Å². The van der Waals surface area contributed by atoms with Gasteiger partial charge in [-0.15, -0.1) is 0 Å². The number of hydrogen-bond acceptors (Lipinski definition) is 4. The summed E-state index contributed by atoms with van der Waals surface area (Å²) in [5, 5.41) is 4.08.